The number of anilines is 3. The predicted octanol–water partition coefficient (Wildman–Crippen LogP) is 7.69. The van der Waals surface area contributed by atoms with Crippen molar-refractivity contribution in [3.8, 4) is 11.4 Å². The van der Waals surface area contributed by atoms with E-state index >= 15 is 0 Å². The lowest BCUT2D eigenvalue weighted by atomic mass is 10.1. The highest BCUT2D eigenvalue weighted by molar-refractivity contribution is 6.05. The van der Waals surface area contributed by atoms with Crippen LogP contribution in [0.4, 0.5) is 30.4 Å². The van der Waals surface area contributed by atoms with E-state index in [1.54, 1.807) is 30.7 Å². The van der Waals surface area contributed by atoms with Crippen LogP contribution in [0, 0.1) is 6.92 Å². The smallest absolute Gasteiger partial charge is 0.416 e. The number of para-hydroxylation sites is 1. The molecule has 3 N–H and O–H groups in total. The van der Waals surface area contributed by atoms with Crippen molar-refractivity contribution in [1.82, 2.24) is 15.0 Å². The largest absolute Gasteiger partial charge is 0.464 e. The number of H-pyrrole nitrogens is 1. The predicted molar refractivity (Wildman–Crippen MR) is 143 cm³/mol. The Balaban J connectivity index is 1.33. The van der Waals surface area contributed by atoms with Crippen molar-refractivity contribution >= 4 is 45.1 Å². The number of hydrogen-bond donors (Lipinski definition) is 3. The fourth-order valence-electron chi connectivity index (χ4n) is 4.31. The first-order chi connectivity index (χ1) is 18.8. The SMILES string of the molecule is Cc1ccc(C(=O)Nc2cccc(C(F)(F)F)c2)cc1Nc1nc(-c2coc3ccccc23)nc2cc[nH]c12. The van der Waals surface area contributed by atoms with Crippen molar-refractivity contribution in [2.75, 3.05) is 10.6 Å². The van der Waals surface area contributed by atoms with Crippen molar-refractivity contribution in [2.45, 2.75) is 13.1 Å². The molecular weight excluding hydrogens is 507 g/mol. The van der Waals surface area contributed by atoms with Gasteiger partial charge in [0.15, 0.2) is 11.6 Å². The van der Waals surface area contributed by atoms with Gasteiger partial charge in [-0.05, 0) is 55.0 Å². The lowest BCUT2D eigenvalue weighted by molar-refractivity contribution is -0.137. The Morgan fingerprint density at radius 2 is 1.82 bits per heavy atom. The first kappa shape index (κ1) is 24.2. The number of amides is 1. The molecule has 0 atom stereocenters. The van der Waals surface area contributed by atoms with Crippen LogP contribution in [0.15, 0.2) is 89.7 Å². The van der Waals surface area contributed by atoms with E-state index in [0.29, 0.717) is 28.4 Å². The van der Waals surface area contributed by atoms with Gasteiger partial charge in [0.1, 0.15) is 17.4 Å². The molecule has 6 aromatic rings. The van der Waals surface area contributed by atoms with Crippen LogP contribution in [0.2, 0.25) is 0 Å². The average Bonchev–Trinajstić information content (AvgIpc) is 3.57. The van der Waals surface area contributed by atoms with Crippen LogP contribution in [0.1, 0.15) is 21.5 Å². The normalized spacial score (nSPS) is 11.7. The Labute approximate surface area is 219 Å². The van der Waals surface area contributed by atoms with Gasteiger partial charge in [-0.2, -0.15) is 13.2 Å². The second-order valence-electron chi connectivity index (χ2n) is 8.97. The number of halogens is 3. The number of rotatable bonds is 5. The van der Waals surface area contributed by atoms with E-state index in [1.165, 1.54) is 12.1 Å². The van der Waals surface area contributed by atoms with E-state index in [-0.39, 0.29) is 11.3 Å². The van der Waals surface area contributed by atoms with Gasteiger partial charge in [-0.25, -0.2) is 9.97 Å². The van der Waals surface area contributed by atoms with Gasteiger partial charge < -0.3 is 20.0 Å². The van der Waals surface area contributed by atoms with Crippen LogP contribution in [-0.2, 0) is 6.18 Å². The Kier molecular flexibility index (Phi) is 5.79. The molecule has 194 valence electrons. The number of fused-ring (bicyclic) bond motifs is 2. The summed E-state index contributed by atoms with van der Waals surface area (Å²) in [6.07, 6.45) is -1.14. The van der Waals surface area contributed by atoms with Gasteiger partial charge in [0.05, 0.1) is 16.6 Å². The maximum atomic E-state index is 13.1. The molecule has 0 spiro atoms. The van der Waals surface area contributed by atoms with Gasteiger partial charge in [-0.1, -0.05) is 30.3 Å². The molecule has 0 aliphatic rings. The molecule has 10 heteroatoms. The second kappa shape index (κ2) is 9.32. The molecule has 1 amide bonds. The summed E-state index contributed by atoms with van der Waals surface area (Å²) in [5.41, 5.74) is 3.71. The van der Waals surface area contributed by atoms with Crippen LogP contribution >= 0.6 is 0 Å². The van der Waals surface area contributed by atoms with Gasteiger partial charge >= 0.3 is 6.18 Å². The lowest BCUT2D eigenvalue weighted by Gasteiger charge is -2.13. The van der Waals surface area contributed by atoms with Crippen LogP contribution in [0.25, 0.3) is 33.4 Å². The molecule has 0 bridgehead atoms. The zero-order valence-corrected chi connectivity index (χ0v) is 20.4. The molecule has 6 rings (SSSR count). The molecule has 0 radical (unpaired) electrons. The van der Waals surface area contributed by atoms with Crippen molar-refractivity contribution in [2.24, 2.45) is 0 Å². The number of aryl methyl sites for hydroxylation is 1. The molecule has 0 aliphatic carbocycles. The number of aromatic nitrogens is 3. The zero-order valence-electron chi connectivity index (χ0n) is 20.4. The lowest BCUT2D eigenvalue weighted by Crippen LogP contribution is -2.13. The third kappa shape index (κ3) is 4.68. The average molecular weight is 528 g/mol. The van der Waals surface area contributed by atoms with E-state index < -0.39 is 17.6 Å². The number of hydrogen-bond acceptors (Lipinski definition) is 5. The number of nitrogens with one attached hydrogen (secondary N) is 3. The Bertz CT molecular complexity index is 1860. The minimum Gasteiger partial charge on any atom is -0.464 e. The van der Waals surface area contributed by atoms with Gasteiger partial charge in [-0.3, -0.25) is 4.79 Å². The molecule has 3 aromatic heterocycles. The fraction of sp³-hybridized carbons (Fsp3) is 0.0690. The van der Waals surface area contributed by atoms with Crippen LogP contribution in [-0.4, -0.2) is 20.9 Å². The molecule has 0 fully saturated rings. The highest BCUT2D eigenvalue weighted by atomic mass is 19.4. The quantitative estimate of drug-likeness (QED) is 0.214. The van der Waals surface area contributed by atoms with Crippen molar-refractivity contribution < 1.29 is 22.4 Å². The summed E-state index contributed by atoms with van der Waals surface area (Å²) in [6, 6.07) is 18.9. The minimum atomic E-state index is -4.51. The van der Waals surface area contributed by atoms with Crippen LogP contribution < -0.4 is 10.6 Å². The number of carbonyl (C=O) groups excluding carboxylic acids is 1. The Hall–Kier alpha value is -5.12. The van der Waals surface area contributed by atoms with Gasteiger partial charge in [-0.15, -0.1) is 0 Å². The number of nitrogens with zero attached hydrogens (tertiary/aromatic N) is 2. The van der Waals surface area contributed by atoms with Crippen LogP contribution in [0.5, 0.6) is 0 Å². The van der Waals surface area contributed by atoms with Crippen molar-refractivity contribution in [3.05, 3.63) is 102 Å². The molecule has 3 aromatic carbocycles. The molecule has 0 saturated carbocycles. The highest BCUT2D eigenvalue weighted by Gasteiger charge is 2.30. The standard InChI is InChI=1S/C29H20F3N5O2/c1-16-9-10-17(28(38)34-19-6-4-5-18(14-19)29(30,31)32)13-23(16)36-27-25-22(11-12-33-25)35-26(37-27)21-15-39-24-8-3-2-7-20(21)24/h2-15,33H,1H3,(H,34,38)(H,35,36,37). The van der Waals surface area contributed by atoms with Crippen molar-refractivity contribution in [3.63, 3.8) is 0 Å². The molecule has 0 unspecified atom stereocenters. The number of carbonyl (C=O) groups is 1. The fourth-order valence-corrected chi connectivity index (χ4v) is 4.31. The van der Waals surface area contributed by atoms with E-state index in [2.05, 4.69) is 20.6 Å². The number of benzene rings is 3. The number of aromatic amines is 1. The summed E-state index contributed by atoms with van der Waals surface area (Å²) in [6.45, 7) is 1.87. The van der Waals surface area contributed by atoms with Gasteiger partial charge in [0.2, 0.25) is 0 Å². The Morgan fingerprint density at radius 1 is 0.974 bits per heavy atom. The first-order valence-electron chi connectivity index (χ1n) is 11.9. The minimum absolute atomic E-state index is 0.0470. The summed E-state index contributed by atoms with van der Waals surface area (Å²) in [7, 11) is 0. The third-order valence-corrected chi connectivity index (χ3v) is 6.33. The molecule has 0 saturated heterocycles. The molecule has 0 aliphatic heterocycles. The summed E-state index contributed by atoms with van der Waals surface area (Å²) in [5.74, 6) is 0.408. The van der Waals surface area contributed by atoms with Gasteiger partial charge in [0.25, 0.3) is 5.91 Å². The first-order valence-corrected chi connectivity index (χ1v) is 11.9. The van der Waals surface area contributed by atoms with E-state index in [1.807, 2.05) is 37.3 Å². The monoisotopic (exact) mass is 527 g/mol. The maximum Gasteiger partial charge on any atom is 0.416 e. The Morgan fingerprint density at radius 3 is 2.67 bits per heavy atom. The molecular formula is C29H20F3N5O2. The number of furan rings is 1. The number of alkyl halides is 3. The third-order valence-electron chi connectivity index (χ3n) is 6.33. The summed E-state index contributed by atoms with van der Waals surface area (Å²) < 4.78 is 44.9. The summed E-state index contributed by atoms with van der Waals surface area (Å²) >= 11 is 0. The second-order valence-corrected chi connectivity index (χ2v) is 8.97. The molecule has 3 heterocycles. The topological polar surface area (TPSA) is 95.8 Å². The van der Waals surface area contributed by atoms with Gasteiger partial charge in [0, 0.05) is 28.5 Å². The summed E-state index contributed by atoms with van der Waals surface area (Å²) in [4.78, 5) is 25.5. The molecule has 39 heavy (non-hydrogen) atoms. The maximum absolute atomic E-state index is 13.1. The highest BCUT2D eigenvalue weighted by Crippen LogP contribution is 2.33. The zero-order chi connectivity index (χ0) is 27.1. The van der Waals surface area contributed by atoms with E-state index in [4.69, 9.17) is 9.40 Å². The van der Waals surface area contributed by atoms with Crippen LogP contribution in [0.3, 0.4) is 0 Å². The van der Waals surface area contributed by atoms with Crippen molar-refractivity contribution in [1.29, 1.82) is 0 Å². The summed E-state index contributed by atoms with van der Waals surface area (Å²) in [5, 5.41) is 6.72. The molecule has 7 nitrogen and oxygen atoms in total. The van der Waals surface area contributed by atoms with E-state index in [0.717, 1.165) is 34.2 Å². The van der Waals surface area contributed by atoms with E-state index in [9.17, 15) is 18.0 Å².